The van der Waals surface area contributed by atoms with Gasteiger partial charge >= 0.3 is 0 Å². The van der Waals surface area contributed by atoms with Crippen LogP contribution in [0.3, 0.4) is 0 Å². The molecule has 0 aliphatic rings. The molecular formula is C21H22ClN3O3. The lowest BCUT2D eigenvalue weighted by Crippen LogP contribution is -2.14. The standard InChI is InChI=1S/C21H22ClN3O3/c1-2-12-28-20-8-3-16(22)14-19(20)21(26)24-17-4-6-18(7-5-17)27-13-11-25-10-9-23-15-25/h3-10,14-15H,2,11-13H2,1H3,(H,24,26). The van der Waals surface area contributed by atoms with Crippen LogP contribution in [0.25, 0.3) is 0 Å². The molecule has 2 aromatic carbocycles. The van der Waals surface area contributed by atoms with Crippen LogP contribution in [0.2, 0.25) is 5.02 Å². The van der Waals surface area contributed by atoms with E-state index in [1.54, 1.807) is 42.9 Å². The van der Waals surface area contributed by atoms with Crippen LogP contribution in [0.15, 0.2) is 61.2 Å². The number of rotatable bonds is 9. The third kappa shape index (κ3) is 5.50. The summed E-state index contributed by atoms with van der Waals surface area (Å²) in [4.78, 5) is 16.6. The van der Waals surface area contributed by atoms with E-state index in [0.717, 1.165) is 12.2 Å². The third-order valence-corrected chi connectivity index (χ3v) is 4.17. The highest BCUT2D eigenvalue weighted by molar-refractivity contribution is 6.31. The zero-order chi connectivity index (χ0) is 19.8. The van der Waals surface area contributed by atoms with E-state index >= 15 is 0 Å². The first-order valence-corrected chi connectivity index (χ1v) is 9.46. The Morgan fingerprint density at radius 3 is 2.68 bits per heavy atom. The molecule has 0 radical (unpaired) electrons. The lowest BCUT2D eigenvalue weighted by atomic mass is 10.1. The Hall–Kier alpha value is -2.99. The fourth-order valence-electron chi connectivity index (χ4n) is 2.54. The van der Waals surface area contributed by atoms with Crippen molar-refractivity contribution in [1.29, 1.82) is 0 Å². The fraction of sp³-hybridized carbons (Fsp3) is 0.238. The van der Waals surface area contributed by atoms with Crippen molar-refractivity contribution in [3.8, 4) is 11.5 Å². The second-order valence-corrected chi connectivity index (χ2v) is 6.55. The molecule has 0 saturated carbocycles. The van der Waals surface area contributed by atoms with Crippen molar-refractivity contribution in [3.63, 3.8) is 0 Å². The predicted molar refractivity (Wildman–Crippen MR) is 109 cm³/mol. The Bertz CT molecular complexity index is 896. The molecule has 0 unspecified atom stereocenters. The average molecular weight is 400 g/mol. The zero-order valence-electron chi connectivity index (χ0n) is 15.6. The third-order valence-electron chi connectivity index (χ3n) is 3.94. The molecule has 146 valence electrons. The summed E-state index contributed by atoms with van der Waals surface area (Å²) in [7, 11) is 0. The van der Waals surface area contributed by atoms with Gasteiger partial charge in [0.2, 0.25) is 0 Å². The number of carbonyl (C=O) groups excluding carboxylic acids is 1. The number of carbonyl (C=O) groups is 1. The summed E-state index contributed by atoms with van der Waals surface area (Å²) in [5.74, 6) is 0.971. The molecule has 1 heterocycles. The van der Waals surface area contributed by atoms with Crippen LogP contribution in [-0.2, 0) is 6.54 Å². The maximum absolute atomic E-state index is 12.6. The summed E-state index contributed by atoms with van der Waals surface area (Å²) < 4.78 is 13.3. The number of ether oxygens (including phenoxy) is 2. The molecule has 0 aliphatic heterocycles. The maximum atomic E-state index is 12.6. The number of nitrogens with one attached hydrogen (secondary N) is 1. The first-order chi connectivity index (χ1) is 13.7. The summed E-state index contributed by atoms with van der Waals surface area (Å²) in [6.45, 7) is 3.79. The van der Waals surface area contributed by atoms with Crippen molar-refractivity contribution in [3.05, 3.63) is 71.8 Å². The number of benzene rings is 2. The first-order valence-electron chi connectivity index (χ1n) is 9.08. The van der Waals surface area contributed by atoms with Gasteiger partial charge in [0.15, 0.2) is 0 Å². The SMILES string of the molecule is CCCOc1ccc(Cl)cc1C(=O)Nc1ccc(OCCn2ccnc2)cc1. The molecule has 7 heteroatoms. The van der Waals surface area contributed by atoms with Crippen molar-refractivity contribution in [2.45, 2.75) is 19.9 Å². The molecule has 3 rings (SSSR count). The number of hydrogen-bond acceptors (Lipinski definition) is 4. The second-order valence-electron chi connectivity index (χ2n) is 6.12. The lowest BCUT2D eigenvalue weighted by Gasteiger charge is -2.12. The van der Waals surface area contributed by atoms with Crippen LogP contribution in [0.1, 0.15) is 23.7 Å². The molecular weight excluding hydrogens is 378 g/mol. The van der Waals surface area contributed by atoms with Crippen LogP contribution in [0.5, 0.6) is 11.5 Å². The minimum atomic E-state index is -0.276. The van der Waals surface area contributed by atoms with Crippen molar-refractivity contribution < 1.29 is 14.3 Å². The van der Waals surface area contributed by atoms with Crippen molar-refractivity contribution in [2.75, 3.05) is 18.5 Å². The molecule has 6 nitrogen and oxygen atoms in total. The Balaban J connectivity index is 1.59. The number of anilines is 1. The Labute approximate surface area is 169 Å². The molecule has 0 atom stereocenters. The molecule has 0 bridgehead atoms. The Morgan fingerprint density at radius 2 is 1.96 bits per heavy atom. The first kappa shape index (κ1) is 19.8. The molecule has 0 fully saturated rings. The van der Waals surface area contributed by atoms with Gasteiger partial charge in [-0.25, -0.2) is 4.98 Å². The highest BCUT2D eigenvalue weighted by Gasteiger charge is 2.14. The van der Waals surface area contributed by atoms with Gasteiger partial charge in [-0.05, 0) is 48.9 Å². The van der Waals surface area contributed by atoms with E-state index in [9.17, 15) is 4.79 Å². The van der Waals surface area contributed by atoms with E-state index in [0.29, 0.717) is 41.8 Å². The van der Waals surface area contributed by atoms with E-state index in [-0.39, 0.29) is 5.91 Å². The van der Waals surface area contributed by atoms with Gasteiger partial charge in [0.1, 0.15) is 18.1 Å². The molecule has 0 aliphatic carbocycles. The number of imidazole rings is 1. The van der Waals surface area contributed by atoms with E-state index in [2.05, 4.69) is 10.3 Å². The van der Waals surface area contributed by atoms with Crippen molar-refractivity contribution in [1.82, 2.24) is 9.55 Å². The Morgan fingerprint density at radius 1 is 1.14 bits per heavy atom. The summed E-state index contributed by atoms with van der Waals surface area (Å²) in [5.41, 5.74) is 1.06. The van der Waals surface area contributed by atoms with Gasteiger partial charge in [-0.1, -0.05) is 18.5 Å². The van der Waals surface area contributed by atoms with E-state index < -0.39 is 0 Å². The molecule has 0 spiro atoms. The molecule has 1 aromatic heterocycles. The molecule has 0 saturated heterocycles. The van der Waals surface area contributed by atoms with E-state index in [4.69, 9.17) is 21.1 Å². The fourth-order valence-corrected chi connectivity index (χ4v) is 2.71. The van der Waals surface area contributed by atoms with Gasteiger partial charge in [-0.2, -0.15) is 0 Å². The van der Waals surface area contributed by atoms with Crippen LogP contribution < -0.4 is 14.8 Å². The maximum Gasteiger partial charge on any atom is 0.259 e. The van der Waals surface area contributed by atoms with Crippen molar-refractivity contribution >= 4 is 23.2 Å². The van der Waals surface area contributed by atoms with Gasteiger partial charge in [0, 0.05) is 23.1 Å². The van der Waals surface area contributed by atoms with Gasteiger partial charge < -0.3 is 19.4 Å². The number of amides is 1. The second kappa shape index (κ2) is 9.80. The van der Waals surface area contributed by atoms with Gasteiger partial charge in [-0.15, -0.1) is 0 Å². The average Bonchev–Trinajstić information content (AvgIpc) is 3.22. The number of aromatic nitrogens is 2. The predicted octanol–water partition coefficient (Wildman–Crippen LogP) is 4.66. The monoisotopic (exact) mass is 399 g/mol. The number of nitrogens with zero attached hydrogens (tertiary/aromatic N) is 2. The van der Waals surface area contributed by atoms with Gasteiger partial charge in [0.05, 0.1) is 25.0 Å². The Kier molecular flexibility index (Phi) is 6.92. The van der Waals surface area contributed by atoms with Crippen LogP contribution >= 0.6 is 11.6 Å². The largest absolute Gasteiger partial charge is 0.493 e. The molecule has 28 heavy (non-hydrogen) atoms. The molecule has 3 aromatic rings. The summed E-state index contributed by atoms with van der Waals surface area (Å²) in [5, 5.41) is 3.34. The van der Waals surface area contributed by atoms with Crippen LogP contribution in [0, 0.1) is 0 Å². The lowest BCUT2D eigenvalue weighted by molar-refractivity contribution is 0.102. The van der Waals surface area contributed by atoms with E-state index in [1.807, 2.05) is 29.8 Å². The zero-order valence-corrected chi connectivity index (χ0v) is 16.4. The quantitative estimate of drug-likeness (QED) is 0.568. The summed E-state index contributed by atoms with van der Waals surface area (Å²) in [6, 6.07) is 12.2. The minimum Gasteiger partial charge on any atom is -0.493 e. The summed E-state index contributed by atoms with van der Waals surface area (Å²) >= 11 is 6.05. The topological polar surface area (TPSA) is 65.4 Å². The highest BCUT2D eigenvalue weighted by atomic mass is 35.5. The van der Waals surface area contributed by atoms with Gasteiger partial charge in [0.25, 0.3) is 5.91 Å². The van der Waals surface area contributed by atoms with E-state index in [1.165, 1.54) is 0 Å². The van der Waals surface area contributed by atoms with Crippen LogP contribution in [-0.4, -0.2) is 28.7 Å². The number of halogens is 1. The smallest absolute Gasteiger partial charge is 0.259 e. The minimum absolute atomic E-state index is 0.276. The van der Waals surface area contributed by atoms with Crippen molar-refractivity contribution in [2.24, 2.45) is 0 Å². The number of hydrogen-bond donors (Lipinski definition) is 1. The van der Waals surface area contributed by atoms with Crippen LogP contribution in [0.4, 0.5) is 5.69 Å². The summed E-state index contributed by atoms with van der Waals surface area (Å²) in [6.07, 6.45) is 6.22. The van der Waals surface area contributed by atoms with Gasteiger partial charge in [-0.3, -0.25) is 4.79 Å². The molecule has 1 N–H and O–H groups in total. The normalized spacial score (nSPS) is 10.5. The molecule has 1 amide bonds. The highest BCUT2D eigenvalue weighted by Crippen LogP contribution is 2.25.